The first-order valence-electron chi connectivity index (χ1n) is 8.57. The van der Waals surface area contributed by atoms with Crippen molar-refractivity contribution in [1.29, 1.82) is 0 Å². The standard InChI is InChI=1S/C20H22FNO3S/c1-15-7-8-18(21)16(11-15)12-26(24,25)13-19(23)22-14-20(9-10-20)17-5-3-2-4-6-17/h2-8,11H,9-10,12-14H2,1H3,(H,22,23). The molecule has 0 heterocycles. The Hall–Kier alpha value is -2.21. The van der Waals surface area contributed by atoms with Gasteiger partial charge >= 0.3 is 0 Å². The third-order valence-electron chi connectivity index (χ3n) is 4.79. The van der Waals surface area contributed by atoms with Crippen LogP contribution in [0.25, 0.3) is 0 Å². The van der Waals surface area contributed by atoms with Crippen LogP contribution in [0.3, 0.4) is 0 Å². The molecule has 0 aliphatic heterocycles. The second-order valence-electron chi connectivity index (χ2n) is 7.05. The van der Waals surface area contributed by atoms with E-state index in [0.717, 1.165) is 24.0 Å². The van der Waals surface area contributed by atoms with Crippen LogP contribution in [0.4, 0.5) is 4.39 Å². The molecule has 1 aliphatic carbocycles. The number of carbonyl (C=O) groups excluding carboxylic acids is 1. The van der Waals surface area contributed by atoms with Crippen molar-refractivity contribution in [3.05, 3.63) is 71.0 Å². The smallest absolute Gasteiger partial charge is 0.235 e. The van der Waals surface area contributed by atoms with E-state index in [9.17, 15) is 17.6 Å². The van der Waals surface area contributed by atoms with Gasteiger partial charge in [-0.2, -0.15) is 0 Å². The summed E-state index contributed by atoms with van der Waals surface area (Å²) in [6.45, 7) is 2.19. The Kier molecular flexibility index (Phi) is 5.14. The molecule has 0 bridgehead atoms. The lowest BCUT2D eigenvalue weighted by atomic mass is 9.96. The van der Waals surface area contributed by atoms with Gasteiger partial charge in [0, 0.05) is 17.5 Å². The molecule has 4 nitrogen and oxygen atoms in total. The van der Waals surface area contributed by atoms with Gasteiger partial charge in [0.25, 0.3) is 0 Å². The summed E-state index contributed by atoms with van der Waals surface area (Å²) < 4.78 is 38.3. The van der Waals surface area contributed by atoms with Gasteiger partial charge in [0.2, 0.25) is 5.91 Å². The molecule has 6 heteroatoms. The Bertz CT molecular complexity index is 906. The van der Waals surface area contributed by atoms with Gasteiger partial charge in [0.1, 0.15) is 11.6 Å². The molecule has 3 rings (SSSR count). The zero-order valence-electron chi connectivity index (χ0n) is 14.7. The molecule has 0 radical (unpaired) electrons. The summed E-state index contributed by atoms with van der Waals surface area (Å²) in [6.07, 6.45) is 1.94. The topological polar surface area (TPSA) is 63.2 Å². The monoisotopic (exact) mass is 375 g/mol. The number of benzene rings is 2. The van der Waals surface area contributed by atoms with Crippen LogP contribution in [0, 0.1) is 12.7 Å². The van der Waals surface area contributed by atoms with Gasteiger partial charge in [-0.25, -0.2) is 12.8 Å². The number of nitrogens with one attached hydrogen (secondary N) is 1. The minimum Gasteiger partial charge on any atom is -0.354 e. The van der Waals surface area contributed by atoms with Crippen molar-refractivity contribution >= 4 is 15.7 Å². The average Bonchev–Trinajstić information content (AvgIpc) is 3.38. The Balaban J connectivity index is 1.58. The first-order valence-corrected chi connectivity index (χ1v) is 10.4. The number of amides is 1. The van der Waals surface area contributed by atoms with Crippen LogP contribution >= 0.6 is 0 Å². The fraction of sp³-hybridized carbons (Fsp3) is 0.350. The molecule has 1 aliphatic rings. The first kappa shape index (κ1) is 18.6. The predicted molar refractivity (Wildman–Crippen MR) is 99.0 cm³/mol. The molecule has 1 saturated carbocycles. The molecule has 1 fully saturated rings. The van der Waals surface area contributed by atoms with Crippen LogP contribution in [-0.4, -0.2) is 26.6 Å². The second kappa shape index (κ2) is 7.19. The maximum Gasteiger partial charge on any atom is 0.235 e. The van der Waals surface area contributed by atoms with Gasteiger partial charge in [-0.15, -0.1) is 0 Å². The molecule has 26 heavy (non-hydrogen) atoms. The Morgan fingerprint density at radius 2 is 1.85 bits per heavy atom. The number of aryl methyl sites for hydroxylation is 1. The summed E-state index contributed by atoms with van der Waals surface area (Å²) >= 11 is 0. The lowest BCUT2D eigenvalue weighted by Crippen LogP contribution is -2.36. The number of rotatable bonds is 7. The van der Waals surface area contributed by atoms with Crippen LogP contribution in [0.5, 0.6) is 0 Å². The average molecular weight is 375 g/mol. The molecular weight excluding hydrogens is 353 g/mol. The van der Waals surface area contributed by atoms with E-state index in [4.69, 9.17) is 0 Å². The van der Waals surface area contributed by atoms with Crippen molar-refractivity contribution < 1.29 is 17.6 Å². The summed E-state index contributed by atoms with van der Waals surface area (Å²) in [7, 11) is -3.74. The molecule has 0 unspecified atom stereocenters. The zero-order valence-corrected chi connectivity index (χ0v) is 15.5. The zero-order chi connectivity index (χ0) is 18.8. The molecule has 0 aromatic heterocycles. The van der Waals surface area contributed by atoms with Crippen molar-refractivity contribution in [3.63, 3.8) is 0 Å². The van der Waals surface area contributed by atoms with E-state index in [1.54, 1.807) is 13.0 Å². The van der Waals surface area contributed by atoms with Crippen molar-refractivity contribution in [2.45, 2.75) is 30.9 Å². The van der Waals surface area contributed by atoms with E-state index in [1.807, 2.05) is 30.3 Å². The Morgan fingerprint density at radius 1 is 1.15 bits per heavy atom. The van der Waals surface area contributed by atoms with Crippen molar-refractivity contribution in [2.24, 2.45) is 0 Å². The first-order chi connectivity index (χ1) is 12.3. The molecule has 2 aromatic carbocycles. The van der Waals surface area contributed by atoms with Gasteiger partial charge < -0.3 is 5.32 Å². The minimum absolute atomic E-state index is 0.0800. The van der Waals surface area contributed by atoms with Gasteiger partial charge in [-0.1, -0.05) is 48.0 Å². The van der Waals surface area contributed by atoms with E-state index in [0.29, 0.717) is 6.54 Å². The highest BCUT2D eigenvalue weighted by Gasteiger charge is 2.44. The SMILES string of the molecule is Cc1ccc(F)c(CS(=O)(=O)CC(=O)NCC2(c3ccccc3)CC2)c1. The lowest BCUT2D eigenvalue weighted by Gasteiger charge is -2.16. The maximum absolute atomic E-state index is 13.8. The van der Waals surface area contributed by atoms with Gasteiger partial charge in [-0.05, 0) is 31.4 Å². The maximum atomic E-state index is 13.8. The summed E-state index contributed by atoms with van der Waals surface area (Å²) in [5, 5.41) is 2.74. The summed E-state index contributed by atoms with van der Waals surface area (Å²) in [5.41, 5.74) is 1.95. The highest BCUT2D eigenvalue weighted by Crippen LogP contribution is 2.47. The Labute approximate surface area is 153 Å². The van der Waals surface area contributed by atoms with E-state index in [2.05, 4.69) is 5.32 Å². The largest absolute Gasteiger partial charge is 0.354 e. The molecular formula is C20H22FNO3S. The second-order valence-corrected chi connectivity index (χ2v) is 9.11. The third kappa shape index (κ3) is 4.49. The fourth-order valence-corrected chi connectivity index (χ4v) is 4.43. The molecule has 0 atom stereocenters. The third-order valence-corrected chi connectivity index (χ3v) is 6.24. The van der Waals surface area contributed by atoms with Crippen molar-refractivity contribution in [3.8, 4) is 0 Å². The number of sulfone groups is 1. The van der Waals surface area contributed by atoms with Gasteiger partial charge in [-0.3, -0.25) is 4.79 Å². The number of halogens is 1. The molecule has 1 amide bonds. The minimum atomic E-state index is -3.74. The van der Waals surface area contributed by atoms with Crippen molar-refractivity contribution in [1.82, 2.24) is 5.32 Å². The van der Waals surface area contributed by atoms with E-state index in [1.165, 1.54) is 12.1 Å². The summed E-state index contributed by atoms with van der Waals surface area (Å²) in [4.78, 5) is 12.1. The van der Waals surface area contributed by atoms with Gasteiger partial charge in [0.05, 0.1) is 5.75 Å². The number of carbonyl (C=O) groups is 1. The molecule has 1 N–H and O–H groups in total. The van der Waals surface area contributed by atoms with E-state index >= 15 is 0 Å². The highest BCUT2D eigenvalue weighted by molar-refractivity contribution is 7.91. The predicted octanol–water partition coefficient (Wildman–Crippen LogP) is 2.90. The molecule has 138 valence electrons. The van der Waals surface area contributed by atoms with Crippen LogP contribution < -0.4 is 5.32 Å². The van der Waals surface area contributed by atoms with Crippen molar-refractivity contribution in [2.75, 3.05) is 12.3 Å². The van der Waals surface area contributed by atoms with Crippen LogP contribution in [-0.2, 0) is 25.8 Å². The molecule has 0 spiro atoms. The summed E-state index contributed by atoms with van der Waals surface area (Å²) in [5.74, 6) is -2.22. The van der Waals surface area contributed by atoms with Crippen LogP contribution in [0.15, 0.2) is 48.5 Å². The Morgan fingerprint density at radius 3 is 2.50 bits per heavy atom. The highest BCUT2D eigenvalue weighted by atomic mass is 32.2. The quantitative estimate of drug-likeness (QED) is 0.809. The lowest BCUT2D eigenvalue weighted by molar-refractivity contribution is -0.118. The molecule has 0 saturated heterocycles. The molecule has 2 aromatic rings. The van der Waals surface area contributed by atoms with E-state index < -0.39 is 33.1 Å². The summed E-state index contributed by atoms with van der Waals surface area (Å²) in [6, 6.07) is 14.2. The number of hydrogen-bond donors (Lipinski definition) is 1. The van der Waals surface area contributed by atoms with Crippen LogP contribution in [0.1, 0.15) is 29.5 Å². The van der Waals surface area contributed by atoms with Crippen LogP contribution in [0.2, 0.25) is 0 Å². The van der Waals surface area contributed by atoms with E-state index in [-0.39, 0.29) is 11.0 Å². The van der Waals surface area contributed by atoms with Gasteiger partial charge in [0.15, 0.2) is 9.84 Å². The number of hydrogen-bond acceptors (Lipinski definition) is 3. The fourth-order valence-electron chi connectivity index (χ4n) is 3.13. The normalized spacial score (nSPS) is 15.5.